The Kier molecular flexibility index (Phi) is 5.09. The number of hydrogen-bond donors (Lipinski definition) is 1. The third-order valence-corrected chi connectivity index (χ3v) is 4.90. The zero-order chi connectivity index (χ0) is 18.6. The second kappa shape index (κ2) is 7.45. The van der Waals surface area contributed by atoms with Gasteiger partial charge in [-0.2, -0.15) is 0 Å². The van der Waals surface area contributed by atoms with Crippen molar-refractivity contribution in [2.45, 2.75) is 4.90 Å². The Labute approximate surface area is 151 Å². The van der Waals surface area contributed by atoms with Gasteiger partial charge in [0.05, 0.1) is 17.7 Å². The third kappa shape index (κ3) is 3.94. The van der Waals surface area contributed by atoms with Gasteiger partial charge in [0.1, 0.15) is 5.75 Å². The van der Waals surface area contributed by atoms with Crippen molar-refractivity contribution in [1.82, 2.24) is 0 Å². The number of hydrogen-bond acceptors (Lipinski definition) is 4. The van der Waals surface area contributed by atoms with Gasteiger partial charge in [-0.1, -0.05) is 30.3 Å². The summed E-state index contributed by atoms with van der Waals surface area (Å²) < 4.78 is 52.0. The lowest BCUT2D eigenvalue weighted by atomic mass is 10.3. The largest absolute Gasteiger partial charge is 0.494 e. The average molecular weight is 373 g/mol. The van der Waals surface area contributed by atoms with Gasteiger partial charge in [0.2, 0.25) is 0 Å². The Balaban J connectivity index is 1.89. The van der Waals surface area contributed by atoms with E-state index in [9.17, 15) is 12.8 Å². The molecule has 0 bridgehead atoms. The van der Waals surface area contributed by atoms with Crippen LogP contribution in [0.2, 0.25) is 0 Å². The molecule has 0 radical (unpaired) electrons. The highest BCUT2D eigenvalue weighted by Gasteiger charge is 2.19. The van der Waals surface area contributed by atoms with Gasteiger partial charge < -0.3 is 9.47 Å². The second-order valence-electron chi connectivity index (χ2n) is 5.31. The highest BCUT2D eigenvalue weighted by molar-refractivity contribution is 7.92. The van der Waals surface area contributed by atoms with Crippen LogP contribution in [0.3, 0.4) is 0 Å². The fraction of sp³-hybridized carbons (Fsp3) is 0.0526. The maximum absolute atomic E-state index is 13.8. The molecule has 3 aromatic carbocycles. The molecule has 3 aromatic rings. The molecule has 0 spiro atoms. The van der Waals surface area contributed by atoms with E-state index in [1.165, 1.54) is 19.2 Å². The van der Waals surface area contributed by atoms with E-state index in [-0.39, 0.29) is 16.3 Å². The Morgan fingerprint density at radius 2 is 1.58 bits per heavy atom. The minimum absolute atomic E-state index is 0.0308. The molecule has 0 saturated carbocycles. The third-order valence-electron chi connectivity index (χ3n) is 3.54. The summed E-state index contributed by atoms with van der Waals surface area (Å²) in [4.78, 5) is -0.217. The summed E-state index contributed by atoms with van der Waals surface area (Å²) in [6.45, 7) is 0. The van der Waals surface area contributed by atoms with Crippen molar-refractivity contribution in [3.05, 3.63) is 78.6 Å². The van der Waals surface area contributed by atoms with Gasteiger partial charge in [-0.25, -0.2) is 12.8 Å². The van der Waals surface area contributed by atoms with Crippen molar-refractivity contribution < 1.29 is 22.3 Å². The van der Waals surface area contributed by atoms with Crippen LogP contribution in [0, 0.1) is 5.82 Å². The Morgan fingerprint density at radius 3 is 2.27 bits per heavy atom. The summed E-state index contributed by atoms with van der Waals surface area (Å²) >= 11 is 0. The number of para-hydroxylation sites is 3. The molecule has 0 aliphatic rings. The second-order valence-corrected chi connectivity index (χ2v) is 7.00. The molecule has 0 aliphatic carbocycles. The van der Waals surface area contributed by atoms with Crippen LogP contribution >= 0.6 is 0 Å². The van der Waals surface area contributed by atoms with Crippen LogP contribution in [0.1, 0.15) is 0 Å². The molecule has 0 aromatic heterocycles. The Hall–Kier alpha value is -3.06. The minimum Gasteiger partial charge on any atom is -0.494 e. The van der Waals surface area contributed by atoms with Crippen molar-refractivity contribution in [2.75, 3.05) is 11.8 Å². The topological polar surface area (TPSA) is 64.6 Å². The number of methoxy groups -OCH3 is 1. The standard InChI is InChI=1S/C19H16FNO4S/c1-24-18-12-11-15(13-16(18)20)26(22,23)21-17-9-5-6-10-19(17)25-14-7-3-2-4-8-14/h2-13,21H,1H3. The van der Waals surface area contributed by atoms with Gasteiger partial charge in [0, 0.05) is 0 Å². The van der Waals surface area contributed by atoms with E-state index < -0.39 is 15.8 Å². The first kappa shape index (κ1) is 17.8. The van der Waals surface area contributed by atoms with Crippen LogP contribution in [0.4, 0.5) is 10.1 Å². The molecule has 0 heterocycles. The van der Waals surface area contributed by atoms with Crippen LogP contribution in [0.15, 0.2) is 77.7 Å². The zero-order valence-corrected chi connectivity index (χ0v) is 14.7. The summed E-state index contributed by atoms with van der Waals surface area (Å²) in [5.74, 6) is 0.104. The van der Waals surface area contributed by atoms with Gasteiger partial charge in [-0.3, -0.25) is 4.72 Å². The minimum atomic E-state index is -4.00. The monoisotopic (exact) mass is 373 g/mol. The predicted octanol–water partition coefficient (Wildman–Crippen LogP) is 4.43. The lowest BCUT2D eigenvalue weighted by Gasteiger charge is -2.14. The van der Waals surface area contributed by atoms with E-state index in [0.29, 0.717) is 11.5 Å². The van der Waals surface area contributed by atoms with E-state index in [4.69, 9.17) is 9.47 Å². The number of halogens is 1. The van der Waals surface area contributed by atoms with E-state index in [2.05, 4.69) is 4.72 Å². The van der Waals surface area contributed by atoms with E-state index in [0.717, 1.165) is 6.07 Å². The maximum atomic E-state index is 13.8. The van der Waals surface area contributed by atoms with Gasteiger partial charge in [-0.15, -0.1) is 0 Å². The number of anilines is 1. The summed E-state index contributed by atoms with van der Waals surface area (Å²) in [7, 11) is -2.69. The summed E-state index contributed by atoms with van der Waals surface area (Å²) in [6, 6.07) is 19.0. The number of benzene rings is 3. The quantitative estimate of drug-likeness (QED) is 0.694. The lowest BCUT2D eigenvalue weighted by molar-refractivity contribution is 0.385. The first-order chi connectivity index (χ1) is 12.5. The Bertz CT molecular complexity index is 1010. The van der Waals surface area contributed by atoms with Gasteiger partial charge in [0.25, 0.3) is 10.0 Å². The zero-order valence-electron chi connectivity index (χ0n) is 13.8. The molecule has 5 nitrogen and oxygen atoms in total. The maximum Gasteiger partial charge on any atom is 0.262 e. The SMILES string of the molecule is COc1ccc(S(=O)(=O)Nc2ccccc2Oc2ccccc2)cc1F. The highest BCUT2D eigenvalue weighted by Crippen LogP contribution is 2.31. The number of nitrogens with one attached hydrogen (secondary N) is 1. The van der Waals surface area contributed by atoms with Crippen LogP contribution in [-0.4, -0.2) is 15.5 Å². The summed E-state index contributed by atoms with van der Waals surface area (Å²) in [6.07, 6.45) is 0. The van der Waals surface area contributed by atoms with Gasteiger partial charge >= 0.3 is 0 Å². The normalized spacial score (nSPS) is 11.0. The molecule has 1 N–H and O–H groups in total. The van der Waals surface area contributed by atoms with Crippen LogP contribution < -0.4 is 14.2 Å². The van der Waals surface area contributed by atoms with Crippen molar-refractivity contribution in [3.63, 3.8) is 0 Å². The molecule has 3 rings (SSSR count). The average Bonchev–Trinajstić information content (AvgIpc) is 2.64. The Morgan fingerprint density at radius 1 is 0.885 bits per heavy atom. The van der Waals surface area contributed by atoms with Crippen molar-refractivity contribution in [2.24, 2.45) is 0 Å². The van der Waals surface area contributed by atoms with E-state index >= 15 is 0 Å². The van der Waals surface area contributed by atoms with Crippen LogP contribution in [0.5, 0.6) is 17.2 Å². The molecule has 7 heteroatoms. The first-order valence-electron chi connectivity index (χ1n) is 7.68. The predicted molar refractivity (Wildman–Crippen MR) is 96.7 cm³/mol. The van der Waals surface area contributed by atoms with Crippen molar-refractivity contribution >= 4 is 15.7 Å². The molecule has 0 fully saturated rings. The number of sulfonamides is 1. The van der Waals surface area contributed by atoms with Gasteiger partial charge in [0.15, 0.2) is 17.3 Å². The van der Waals surface area contributed by atoms with Crippen LogP contribution in [-0.2, 0) is 10.0 Å². The first-order valence-corrected chi connectivity index (χ1v) is 9.16. The molecule has 0 atom stereocenters. The highest BCUT2D eigenvalue weighted by atomic mass is 32.2. The molecule has 0 saturated heterocycles. The molecular formula is C19H16FNO4S. The van der Waals surface area contributed by atoms with Crippen LogP contribution in [0.25, 0.3) is 0 Å². The molecule has 0 aliphatic heterocycles. The molecular weight excluding hydrogens is 357 g/mol. The number of ether oxygens (including phenoxy) is 2. The molecule has 134 valence electrons. The van der Waals surface area contributed by atoms with Gasteiger partial charge in [-0.05, 0) is 42.5 Å². The van der Waals surface area contributed by atoms with Crippen molar-refractivity contribution in [1.29, 1.82) is 0 Å². The van der Waals surface area contributed by atoms with Crippen molar-refractivity contribution in [3.8, 4) is 17.2 Å². The molecule has 26 heavy (non-hydrogen) atoms. The fourth-order valence-corrected chi connectivity index (χ4v) is 3.36. The lowest BCUT2D eigenvalue weighted by Crippen LogP contribution is -2.14. The molecule has 0 amide bonds. The number of rotatable bonds is 6. The van der Waals surface area contributed by atoms with E-state index in [1.54, 1.807) is 36.4 Å². The molecule has 0 unspecified atom stereocenters. The fourth-order valence-electron chi connectivity index (χ4n) is 2.27. The van der Waals surface area contributed by atoms with E-state index in [1.807, 2.05) is 18.2 Å². The smallest absolute Gasteiger partial charge is 0.262 e. The summed E-state index contributed by atoms with van der Waals surface area (Å²) in [5, 5.41) is 0. The summed E-state index contributed by atoms with van der Waals surface area (Å²) in [5.41, 5.74) is 0.243.